The zero-order chi connectivity index (χ0) is 11.3. The molecular formula is C10H14N4O. The van der Waals surface area contributed by atoms with Gasteiger partial charge in [-0.05, 0) is 0 Å². The van der Waals surface area contributed by atoms with Crippen molar-refractivity contribution in [1.82, 2.24) is 9.97 Å². The van der Waals surface area contributed by atoms with Crippen molar-refractivity contribution in [3.8, 4) is 6.07 Å². The molecule has 5 heteroatoms. The lowest BCUT2D eigenvalue weighted by Crippen LogP contribution is -2.27. The van der Waals surface area contributed by atoms with E-state index in [-0.39, 0.29) is 12.0 Å². The lowest BCUT2D eigenvalue weighted by atomic mass is 9.95. The third-order valence-corrected chi connectivity index (χ3v) is 1.94. The van der Waals surface area contributed by atoms with Crippen LogP contribution in [0.3, 0.4) is 0 Å². The Kier molecular flexibility index (Phi) is 3.58. The normalized spacial score (nSPS) is 10.8. The summed E-state index contributed by atoms with van der Waals surface area (Å²) in [5.41, 5.74) is 0.0947. The molecule has 0 bridgehead atoms. The number of anilines is 1. The second-order valence-electron chi connectivity index (χ2n) is 4.07. The molecule has 1 aromatic heterocycles. The van der Waals surface area contributed by atoms with Gasteiger partial charge in [-0.2, -0.15) is 5.26 Å². The molecule has 0 aliphatic rings. The van der Waals surface area contributed by atoms with Gasteiger partial charge in [0.15, 0.2) is 5.69 Å². The molecule has 0 aromatic carbocycles. The molecule has 0 saturated carbocycles. The topological polar surface area (TPSA) is 81.8 Å². The van der Waals surface area contributed by atoms with Crippen LogP contribution in [0.2, 0.25) is 0 Å². The van der Waals surface area contributed by atoms with Gasteiger partial charge >= 0.3 is 0 Å². The fourth-order valence-electron chi connectivity index (χ4n) is 0.863. The summed E-state index contributed by atoms with van der Waals surface area (Å²) in [6.07, 6.45) is 2.92. The summed E-state index contributed by atoms with van der Waals surface area (Å²) in [6, 6.07) is 1.90. The minimum absolute atomic E-state index is 0.101. The minimum Gasteiger partial charge on any atom is -0.396 e. The van der Waals surface area contributed by atoms with Gasteiger partial charge in [-0.15, -0.1) is 0 Å². The standard InChI is InChI=1S/C10H14N4O/c1-10(2,7-15)6-14-9-5-12-8(3-11)4-13-9/h4-5,15H,6-7H2,1-2H3,(H,13,14). The molecule has 0 spiro atoms. The molecule has 15 heavy (non-hydrogen) atoms. The van der Waals surface area contributed by atoms with Crippen LogP contribution in [0.1, 0.15) is 19.5 Å². The largest absolute Gasteiger partial charge is 0.396 e. The quantitative estimate of drug-likeness (QED) is 0.760. The molecule has 1 aromatic rings. The average molecular weight is 206 g/mol. The maximum Gasteiger partial charge on any atom is 0.158 e. The van der Waals surface area contributed by atoms with Crippen molar-refractivity contribution in [2.75, 3.05) is 18.5 Å². The first-order valence-electron chi connectivity index (χ1n) is 4.64. The highest BCUT2D eigenvalue weighted by atomic mass is 16.3. The van der Waals surface area contributed by atoms with Crippen LogP contribution < -0.4 is 5.32 Å². The highest BCUT2D eigenvalue weighted by Crippen LogP contribution is 2.14. The smallest absolute Gasteiger partial charge is 0.158 e. The zero-order valence-corrected chi connectivity index (χ0v) is 8.86. The van der Waals surface area contributed by atoms with E-state index in [1.54, 1.807) is 0 Å². The molecule has 0 radical (unpaired) electrons. The van der Waals surface area contributed by atoms with E-state index in [4.69, 9.17) is 10.4 Å². The summed E-state index contributed by atoms with van der Waals surface area (Å²) in [5, 5.41) is 20.6. The van der Waals surface area contributed by atoms with Gasteiger partial charge in [0.2, 0.25) is 0 Å². The van der Waals surface area contributed by atoms with Gasteiger partial charge in [-0.3, -0.25) is 0 Å². The molecule has 0 saturated heterocycles. The number of hydrogen-bond acceptors (Lipinski definition) is 5. The van der Waals surface area contributed by atoms with Crippen LogP contribution >= 0.6 is 0 Å². The first-order valence-corrected chi connectivity index (χ1v) is 4.64. The predicted molar refractivity (Wildman–Crippen MR) is 56.1 cm³/mol. The maximum atomic E-state index is 9.04. The Hall–Kier alpha value is -1.67. The van der Waals surface area contributed by atoms with Crippen LogP contribution in [0.5, 0.6) is 0 Å². The Morgan fingerprint density at radius 3 is 2.67 bits per heavy atom. The number of nitrogens with zero attached hydrogens (tertiary/aromatic N) is 3. The van der Waals surface area contributed by atoms with E-state index < -0.39 is 0 Å². The molecule has 0 atom stereocenters. The van der Waals surface area contributed by atoms with Crippen molar-refractivity contribution in [3.63, 3.8) is 0 Å². The van der Waals surface area contributed by atoms with Gasteiger partial charge in [0, 0.05) is 18.6 Å². The predicted octanol–water partition coefficient (Wildman–Crippen LogP) is 0.779. The van der Waals surface area contributed by atoms with E-state index in [9.17, 15) is 0 Å². The first-order chi connectivity index (χ1) is 7.07. The van der Waals surface area contributed by atoms with Crippen molar-refractivity contribution in [2.24, 2.45) is 5.41 Å². The first kappa shape index (κ1) is 11.4. The fraction of sp³-hybridized carbons (Fsp3) is 0.500. The summed E-state index contributed by atoms with van der Waals surface area (Å²) in [6.45, 7) is 4.59. The maximum absolute atomic E-state index is 9.04. The van der Waals surface area contributed by atoms with E-state index in [1.165, 1.54) is 12.4 Å². The van der Waals surface area contributed by atoms with Crippen LogP contribution in [0.4, 0.5) is 5.82 Å². The molecule has 0 aliphatic carbocycles. The Morgan fingerprint density at radius 2 is 2.20 bits per heavy atom. The van der Waals surface area contributed by atoms with Gasteiger partial charge in [0.1, 0.15) is 11.9 Å². The SMILES string of the molecule is CC(C)(CO)CNc1cnc(C#N)cn1. The number of aliphatic hydroxyl groups excluding tert-OH is 1. The van der Waals surface area contributed by atoms with Crippen molar-refractivity contribution in [2.45, 2.75) is 13.8 Å². The molecule has 0 fully saturated rings. The molecule has 1 heterocycles. The molecular weight excluding hydrogens is 192 g/mol. The Morgan fingerprint density at radius 1 is 1.47 bits per heavy atom. The van der Waals surface area contributed by atoms with Crippen LogP contribution in [0.25, 0.3) is 0 Å². The van der Waals surface area contributed by atoms with E-state index >= 15 is 0 Å². The van der Waals surface area contributed by atoms with Crippen LogP contribution in [0.15, 0.2) is 12.4 Å². The monoisotopic (exact) mass is 206 g/mol. The Balaban J connectivity index is 2.56. The summed E-state index contributed by atoms with van der Waals surface area (Å²) in [4.78, 5) is 7.88. The zero-order valence-electron chi connectivity index (χ0n) is 8.86. The van der Waals surface area contributed by atoms with Crippen LogP contribution in [-0.2, 0) is 0 Å². The van der Waals surface area contributed by atoms with E-state index in [0.29, 0.717) is 18.1 Å². The van der Waals surface area contributed by atoms with Crippen molar-refractivity contribution in [3.05, 3.63) is 18.1 Å². The molecule has 2 N–H and O–H groups in total. The number of aliphatic hydroxyl groups is 1. The molecule has 1 rings (SSSR count). The van der Waals surface area contributed by atoms with E-state index in [0.717, 1.165) is 0 Å². The van der Waals surface area contributed by atoms with Gasteiger partial charge in [-0.1, -0.05) is 13.8 Å². The van der Waals surface area contributed by atoms with Gasteiger partial charge < -0.3 is 10.4 Å². The highest BCUT2D eigenvalue weighted by Gasteiger charge is 2.15. The van der Waals surface area contributed by atoms with Crippen LogP contribution in [-0.4, -0.2) is 28.2 Å². The lowest BCUT2D eigenvalue weighted by Gasteiger charge is -2.21. The van der Waals surface area contributed by atoms with Crippen molar-refractivity contribution in [1.29, 1.82) is 5.26 Å². The van der Waals surface area contributed by atoms with Crippen molar-refractivity contribution >= 4 is 5.82 Å². The minimum atomic E-state index is -0.199. The highest BCUT2D eigenvalue weighted by molar-refractivity contribution is 5.33. The third-order valence-electron chi connectivity index (χ3n) is 1.94. The fourth-order valence-corrected chi connectivity index (χ4v) is 0.863. The molecule has 0 amide bonds. The van der Waals surface area contributed by atoms with Gasteiger partial charge in [0.25, 0.3) is 0 Å². The molecule has 5 nitrogen and oxygen atoms in total. The number of rotatable bonds is 4. The van der Waals surface area contributed by atoms with Gasteiger partial charge in [-0.25, -0.2) is 9.97 Å². The number of nitrogens with one attached hydrogen (secondary N) is 1. The van der Waals surface area contributed by atoms with Gasteiger partial charge in [0.05, 0.1) is 12.4 Å². The summed E-state index contributed by atoms with van der Waals surface area (Å²) in [5.74, 6) is 0.607. The van der Waals surface area contributed by atoms with E-state index in [2.05, 4.69) is 15.3 Å². The number of nitriles is 1. The Labute approximate surface area is 88.8 Å². The van der Waals surface area contributed by atoms with Crippen molar-refractivity contribution < 1.29 is 5.11 Å². The number of hydrogen-bond donors (Lipinski definition) is 2. The second kappa shape index (κ2) is 4.71. The molecule has 80 valence electrons. The van der Waals surface area contributed by atoms with Crippen LogP contribution in [0, 0.1) is 16.7 Å². The Bertz CT molecular complexity index is 353. The summed E-state index contributed by atoms with van der Waals surface area (Å²) in [7, 11) is 0. The third kappa shape index (κ3) is 3.52. The molecule has 0 unspecified atom stereocenters. The average Bonchev–Trinajstić information content (AvgIpc) is 2.27. The lowest BCUT2D eigenvalue weighted by molar-refractivity contribution is 0.170. The summed E-state index contributed by atoms with van der Waals surface area (Å²) < 4.78 is 0. The molecule has 0 aliphatic heterocycles. The number of aromatic nitrogens is 2. The second-order valence-corrected chi connectivity index (χ2v) is 4.07. The summed E-state index contributed by atoms with van der Waals surface area (Å²) >= 11 is 0. The van der Waals surface area contributed by atoms with E-state index in [1.807, 2.05) is 19.9 Å².